The van der Waals surface area contributed by atoms with Crippen LogP contribution < -0.4 is 0 Å². The van der Waals surface area contributed by atoms with Gasteiger partial charge < -0.3 is 0 Å². The molecule has 6 heteroatoms. The molecule has 0 aromatic carbocycles. The monoisotopic (exact) mass is 675 g/mol. The Hall–Kier alpha value is -1.14. The Balaban J connectivity index is 0.843. The van der Waals surface area contributed by atoms with Crippen LogP contribution in [0.5, 0.6) is 0 Å². The molecule has 0 aromatic heterocycles. The van der Waals surface area contributed by atoms with Crippen LogP contribution in [-0.4, -0.2) is 95.7 Å². The third kappa shape index (κ3) is 8.58. The van der Waals surface area contributed by atoms with E-state index in [4.69, 9.17) is 10.2 Å². The average molecular weight is 675 g/mol. The van der Waals surface area contributed by atoms with Gasteiger partial charge in [0.25, 0.3) is 0 Å². The van der Waals surface area contributed by atoms with Gasteiger partial charge in [0.1, 0.15) is 0 Å². The van der Waals surface area contributed by atoms with E-state index in [1.807, 2.05) is 0 Å². The lowest BCUT2D eigenvalue weighted by molar-refractivity contribution is -0.0193. The molecule has 49 heavy (non-hydrogen) atoms. The number of piperidine rings is 4. The Morgan fingerprint density at radius 3 is 1.16 bits per heavy atom. The molecule has 8 fully saturated rings. The average Bonchev–Trinajstić information content (AvgIpc) is 3.15. The fourth-order valence-corrected chi connectivity index (χ4v) is 13.2. The highest BCUT2D eigenvalue weighted by Crippen LogP contribution is 2.46. The van der Waals surface area contributed by atoms with Gasteiger partial charge in [0.2, 0.25) is 0 Å². The Bertz CT molecular complexity index is 943. The van der Waals surface area contributed by atoms with E-state index in [1.165, 1.54) is 187 Å². The van der Waals surface area contributed by atoms with E-state index in [0.29, 0.717) is 23.9 Å². The van der Waals surface area contributed by atoms with Crippen LogP contribution in [0.15, 0.2) is 10.2 Å². The highest BCUT2D eigenvalue weighted by Gasteiger charge is 2.45. The number of unbranched alkanes of at least 4 members (excludes halogenated alkanes) is 2. The summed E-state index contributed by atoms with van der Waals surface area (Å²) in [5.41, 5.74) is 0. The van der Waals surface area contributed by atoms with Crippen molar-refractivity contribution >= 4 is 12.4 Å². The van der Waals surface area contributed by atoms with Crippen molar-refractivity contribution in [3.05, 3.63) is 0 Å². The SMILES string of the molecule is C(=N\N(CCCCCN(/N=C/C1CC2CCCN3CCCC(C1)C23)C1CCCCC1)C1CCCCC1)/C1CC2CCCN3CCCC(C1)C23. The zero-order chi connectivity index (χ0) is 32.8. The molecule has 0 N–H and O–H groups in total. The first-order valence-corrected chi connectivity index (χ1v) is 22.4. The third-order valence-corrected chi connectivity index (χ3v) is 15.4. The first kappa shape index (κ1) is 34.9. The van der Waals surface area contributed by atoms with Gasteiger partial charge in [-0.2, -0.15) is 10.2 Å². The normalized spacial score (nSPS) is 38.0. The summed E-state index contributed by atoms with van der Waals surface area (Å²) in [4.78, 5) is 5.77. The second kappa shape index (κ2) is 17.1. The summed E-state index contributed by atoms with van der Waals surface area (Å²) in [7, 11) is 0. The van der Waals surface area contributed by atoms with E-state index in [0.717, 1.165) is 48.8 Å². The summed E-state index contributed by atoms with van der Waals surface area (Å²) >= 11 is 0. The topological polar surface area (TPSA) is 37.7 Å². The van der Waals surface area contributed by atoms with Gasteiger partial charge in [0.05, 0.1) is 0 Å². The van der Waals surface area contributed by atoms with Gasteiger partial charge >= 0.3 is 0 Å². The van der Waals surface area contributed by atoms with Crippen molar-refractivity contribution in [2.75, 3.05) is 39.3 Å². The van der Waals surface area contributed by atoms with Crippen LogP contribution >= 0.6 is 0 Å². The second-order valence-electron chi connectivity index (χ2n) is 18.6. The molecule has 6 nitrogen and oxygen atoms in total. The van der Waals surface area contributed by atoms with Crippen molar-refractivity contribution in [3.63, 3.8) is 0 Å². The number of nitrogens with zero attached hydrogens (tertiary/aromatic N) is 6. The van der Waals surface area contributed by atoms with Crippen LogP contribution in [0.1, 0.15) is 161 Å². The molecule has 0 spiro atoms. The van der Waals surface area contributed by atoms with Crippen LogP contribution in [0.25, 0.3) is 0 Å². The Kier molecular flexibility index (Phi) is 12.2. The van der Waals surface area contributed by atoms with Crippen LogP contribution in [0.3, 0.4) is 0 Å². The maximum Gasteiger partial charge on any atom is 0.0470 e. The molecule has 4 atom stereocenters. The molecule has 0 radical (unpaired) electrons. The summed E-state index contributed by atoms with van der Waals surface area (Å²) in [5, 5.41) is 16.0. The van der Waals surface area contributed by atoms with Gasteiger partial charge in [-0.1, -0.05) is 38.5 Å². The van der Waals surface area contributed by atoms with Gasteiger partial charge in [-0.25, -0.2) is 0 Å². The minimum Gasteiger partial charge on any atom is -0.300 e. The maximum atomic E-state index is 5.41. The zero-order valence-electron chi connectivity index (χ0n) is 31.5. The molecule has 4 heterocycles. The Morgan fingerprint density at radius 1 is 0.429 bits per heavy atom. The maximum absolute atomic E-state index is 5.41. The summed E-state index contributed by atoms with van der Waals surface area (Å²) in [5.74, 6) is 5.15. The second-order valence-corrected chi connectivity index (χ2v) is 18.6. The lowest BCUT2D eigenvalue weighted by Gasteiger charge is -2.53. The first-order valence-electron chi connectivity index (χ1n) is 22.4. The first-order chi connectivity index (χ1) is 24.3. The number of rotatable bonds is 12. The van der Waals surface area contributed by atoms with Gasteiger partial charge in [-0.05, 0) is 184 Å². The van der Waals surface area contributed by atoms with Gasteiger partial charge in [0, 0.05) is 49.7 Å². The standard InChI is InChI=1S/C43H74N6/c1-4-18-40(19-5-1)48(44-32-34-28-36-14-10-22-46-23-11-15-37(29-34)42(36)46)26-8-3-9-27-49(41-20-6-2-7-21-41)45-33-35-30-38-16-12-24-47-25-13-17-39(31-35)43(38)47/h32-43H,1-31H2/b44-32+,45-33+. The van der Waals surface area contributed by atoms with Gasteiger partial charge in [-0.3, -0.25) is 19.8 Å². The summed E-state index contributed by atoms with van der Waals surface area (Å²) in [6.45, 7) is 7.81. The molecule has 4 unspecified atom stereocenters. The fourth-order valence-electron chi connectivity index (χ4n) is 13.2. The predicted molar refractivity (Wildman–Crippen MR) is 205 cm³/mol. The predicted octanol–water partition coefficient (Wildman–Crippen LogP) is 9.20. The lowest BCUT2D eigenvalue weighted by atomic mass is 9.65. The molecule has 4 aliphatic carbocycles. The summed E-state index contributed by atoms with van der Waals surface area (Å²) in [6.07, 6.45) is 39.9. The number of hydrogen-bond acceptors (Lipinski definition) is 6. The largest absolute Gasteiger partial charge is 0.300 e. The number of hydrogen-bond donors (Lipinski definition) is 0. The van der Waals surface area contributed by atoms with Gasteiger partial charge in [0.15, 0.2) is 0 Å². The molecule has 0 amide bonds. The van der Waals surface area contributed by atoms with Crippen molar-refractivity contribution in [1.82, 2.24) is 19.8 Å². The Morgan fingerprint density at radius 2 is 0.796 bits per heavy atom. The summed E-state index contributed by atoms with van der Waals surface area (Å²) < 4.78 is 0. The van der Waals surface area contributed by atoms with Crippen LogP contribution in [-0.2, 0) is 0 Å². The van der Waals surface area contributed by atoms with E-state index < -0.39 is 0 Å². The molecule has 8 aliphatic rings. The number of hydrazone groups is 2. The van der Waals surface area contributed by atoms with Crippen molar-refractivity contribution < 1.29 is 0 Å². The van der Waals surface area contributed by atoms with E-state index in [-0.39, 0.29) is 0 Å². The van der Waals surface area contributed by atoms with Crippen LogP contribution in [0.2, 0.25) is 0 Å². The highest BCUT2D eigenvalue weighted by molar-refractivity contribution is 5.61. The molecule has 4 aliphatic heterocycles. The Labute approximate surface area is 301 Å². The molecule has 0 bridgehead atoms. The van der Waals surface area contributed by atoms with Crippen LogP contribution in [0.4, 0.5) is 0 Å². The highest BCUT2D eigenvalue weighted by atomic mass is 15.5. The van der Waals surface area contributed by atoms with E-state index >= 15 is 0 Å². The smallest absolute Gasteiger partial charge is 0.0470 e. The lowest BCUT2D eigenvalue weighted by Crippen LogP contribution is -2.55. The molecule has 0 aromatic rings. The van der Waals surface area contributed by atoms with E-state index in [2.05, 4.69) is 32.2 Å². The van der Waals surface area contributed by atoms with Crippen molar-refractivity contribution in [3.8, 4) is 0 Å². The summed E-state index contributed by atoms with van der Waals surface area (Å²) in [6, 6.07) is 3.17. The fraction of sp³-hybridized carbons (Fsp3) is 0.953. The van der Waals surface area contributed by atoms with E-state index in [9.17, 15) is 0 Å². The minimum atomic E-state index is 0.681. The molecular weight excluding hydrogens is 601 g/mol. The molecule has 4 saturated heterocycles. The third-order valence-electron chi connectivity index (χ3n) is 15.4. The van der Waals surface area contributed by atoms with E-state index in [1.54, 1.807) is 0 Å². The van der Waals surface area contributed by atoms with Gasteiger partial charge in [-0.15, -0.1) is 0 Å². The molecule has 8 rings (SSSR count). The quantitative estimate of drug-likeness (QED) is 0.118. The molecule has 276 valence electrons. The molecular formula is C43H74N6. The minimum absolute atomic E-state index is 0.681. The zero-order valence-corrected chi connectivity index (χ0v) is 31.5. The molecule has 4 saturated carbocycles. The van der Waals surface area contributed by atoms with Crippen molar-refractivity contribution in [1.29, 1.82) is 0 Å². The van der Waals surface area contributed by atoms with Crippen molar-refractivity contribution in [2.45, 2.75) is 185 Å². The van der Waals surface area contributed by atoms with Crippen LogP contribution in [0, 0.1) is 35.5 Å². The van der Waals surface area contributed by atoms with Crippen molar-refractivity contribution in [2.24, 2.45) is 45.7 Å².